The van der Waals surface area contributed by atoms with Gasteiger partial charge in [0, 0.05) is 0 Å². The van der Waals surface area contributed by atoms with Crippen LogP contribution in [-0.2, 0) is 0 Å². The number of hydrogen-bond donors (Lipinski definition) is 1. The maximum Gasteiger partial charge on any atom is 0.0902 e. The molecule has 0 aliphatic heterocycles. The zero-order chi connectivity index (χ0) is 14.1. The molecule has 0 spiro atoms. The lowest BCUT2D eigenvalue weighted by Gasteiger charge is -2.23. The predicted octanol–water partition coefficient (Wildman–Crippen LogP) is 4.66. The van der Waals surface area contributed by atoms with Crippen LogP contribution in [0.1, 0.15) is 26.3 Å². The van der Waals surface area contributed by atoms with E-state index in [9.17, 15) is 5.11 Å². The first kappa shape index (κ1) is 15.9. The summed E-state index contributed by atoms with van der Waals surface area (Å²) in [6.45, 7) is 6.82. The maximum atomic E-state index is 10.0. The molecule has 0 heterocycles. The van der Waals surface area contributed by atoms with Crippen molar-refractivity contribution in [2.45, 2.75) is 45.0 Å². The van der Waals surface area contributed by atoms with Gasteiger partial charge in [-0.25, -0.2) is 0 Å². The Kier molecular flexibility index (Phi) is 6.82. The van der Waals surface area contributed by atoms with Crippen molar-refractivity contribution in [1.82, 2.24) is 0 Å². The number of hydrogen-bond acceptors (Lipinski definition) is 1. The lowest BCUT2D eigenvalue weighted by molar-refractivity contribution is 0.272. The highest BCUT2D eigenvalue weighted by atomic mass is 28.3. The fourth-order valence-electron chi connectivity index (χ4n) is 2.24. The Morgan fingerprint density at radius 3 is 2.11 bits per heavy atom. The third kappa shape index (κ3) is 5.17. The fraction of sp³-hybridized carbons (Fsp3) is 0.412. The van der Waals surface area contributed by atoms with E-state index in [0.29, 0.717) is 0 Å². The Morgan fingerprint density at radius 2 is 1.58 bits per heavy atom. The molecule has 0 bridgehead atoms. The minimum absolute atomic E-state index is 0.475. The molecule has 2 heteroatoms. The second kappa shape index (κ2) is 8.13. The quantitative estimate of drug-likeness (QED) is 0.717. The summed E-state index contributed by atoms with van der Waals surface area (Å²) in [5, 5.41) is 10.0. The van der Waals surface area contributed by atoms with Crippen LogP contribution in [0.5, 0.6) is 0 Å². The maximum absolute atomic E-state index is 10.0. The van der Waals surface area contributed by atoms with E-state index >= 15 is 0 Å². The van der Waals surface area contributed by atoms with Gasteiger partial charge in [0.15, 0.2) is 0 Å². The van der Waals surface area contributed by atoms with Gasteiger partial charge in [-0.3, -0.25) is 0 Å². The van der Waals surface area contributed by atoms with Crippen LogP contribution in [0.2, 0.25) is 18.1 Å². The van der Waals surface area contributed by atoms with Crippen molar-refractivity contribution in [3.05, 3.63) is 53.7 Å². The number of aliphatic hydroxyl groups is 1. The second-order valence-corrected chi connectivity index (χ2v) is 10.2. The van der Waals surface area contributed by atoms with E-state index in [2.05, 4.69) is 26.5 Å². The largest absolute Gasteiger partial charge is 0.385 e. The Hall–Kier alpha value is -1.12. The van der Waals surface area contributed by atoms with Gasteiger partial charge in [-0.15, -0.1) is 0 Å². The molecule has 1 aromatic carbocycles. The van der Waals surface area contributed by atoms with E-state index in [1.807, 2.05) is 48.6 Å². The Morgan fingerprint density at radius 1 is 1.00 bits per heavy atom. The number of aliphatic hydroxyl groups excluding tert-OH is 1. The van der Waals surface area contributed by atoms with Gasteiger partial charge in [-0.05, 0) is 5.56 Å². The van der Waals surface area contributed by atoms with Crippen molar-refractivity contribution in [3.8, 4) is 0 Å². The van der Waals surface area contributed by atoms with Crippen molar-refractivity contribution < 1.29 is 5.11 Å². The summed E-state index contributed by atoms with van der Waals surface area (Å²) in [7, 11) is -1.26. The zero-order valence-corrected chi connectivity index (χ0v) is 13.3. The SMILES string of the molecule is CC[Si](/C=C/C(O)/C=C/c1ccccc1)(CC)CC. The molecular weight excluding hydrogens is 248 g/mol. The predicted molar refractivity (Wildman–Crippen MR) is 87.8 cm³/mol. The molecule has 1 rings (SSSR count). The first-order valence-corrected chi connectivity index (χ1v) is 9.96. The molecule has 1 aromatic rings. The zero-order valence-electron chi connectivity index (χ0n) is 12.3. The Balaban J connectivity index is 2.64. The number of rotatable bonds is 7. The first-order valence-electron chi connectivity index (χ1n) is 7.26. The van der Waals surface area contributed by atoms with Crippen LogP contribution in [0.3, 0.4) is 0 Å². The summed E-state index contributed by atoms with van der Waals surface area (Å²) >= 11 is 0. The van der Waals surface area contributed by atoms with Crippen LogP contribution >= 0.6 is 0 Å². The average Bonchev–Trinajstić information content (AvgIpc) is 2.48. The van der Waals surface area contributed by atoms with Crippen molar-refractivity contribution >= 4 is 14.1 Å². The minimum Gasteiger partial charge on any atom is -0.385 e. The summed E-state index contributed by atoms with van der Waals surface area (Å²) in [6, 6.07) is 13.8. The Labute approximate surface area is 118 Å². The molecule has 0 aliphatic carbocycles. The first-order chi connectivity index (χ1) is 9.15. The van der Waals surface area contributed by atoms with Gasteiger partial charge in [0.25, 0.3) is 0 Å². The van der Waals surface area contributed by atoms with Crippen LogP contribution in [0, 0.1) is 0 Å². The molecule has 0 aromatic heterocycles. The van der Waals surface area contributed by atoms with E-state index in [0.717, 1.165) is 5.56 Å². The summed E-state index contributed by atoms with van der Waals surface area (Å²) in [4.78, 5) is 0. The van der Waals surface area contributed by atoms with E-state index in [4.69, 9.17) is 0 Å². The van der Waals surface area contributed by atoms with E-state index < -0.39 is 14.2 Å². The second-order valence-electron chi connectivity index (χ2n) is 5.04. The molecule has 1 atom stereocenters. The standard InChI is InChI=1S/C17H26OSi/c1-4-19(5-2,6-3)15-14-17(18)13-12-16-10-8-7-9-11-16/h7-15,17-18H,4-6H2,1-3H3/b13-12+,15-14+. The molecule has 0 fully saturated rings. The molecule has 0 amide bonds. The van der Waals surface area contributed by atoms with Gasteiger partial charge < -0.3 is 5.11 Å². The Bertz CT molecular complexity index is 396. The third-order valence-electron chi connectivity index (χ3n) is 4.04. The molecule has 0 aliphatic rings. The topological polar surface area (TPSA) is 20.2 Å². The summed E-state index contributed by atoms with van der Waals surface area (Å²) < 4.78 is 0. The van der Waals surface area contributed by atoms with Gasteiger partial charge in [0.1, 0.15) is 0 Å². The number of benzene rings is 1. The van der Waals surface area contributed by atoms with Gasteiger partial charge in [-0.2, -0.15) is 0 Å². The van der Waals surface area contributed by atoms with Crippen LogP contribution in [-0.4, -0.2) is 19.3 Å². The van der Waals surface area contributed by atoms with Crippen molar-refractivity contribution in [3.63, 3.8) is 0 Å². The molecule has 19 heavy (non-hydrogen) atoms. The summed E-state index contributed by atoms with van der Waals surface area (Å²) in [5.41, 5.74) is 3.45. The van der Waals surface area contributed by atoms with Crippen molar-refractivity contribution in [2.24, 2.45) is 0 Å². The summed E-state index contributed by atoms with van der Waals surface area (Å²) in [6.07, 6.45) is 5.33. The molecule has 0 saturated carbocycles. The average molecular weight is 274 g/mol. The smallest absolute Gasteiger partial charge is 0.0902 e. The molecule has 0 saturated heterocycles. The van der Waals surface area contributed by atoms with E-state index in [1.165, 1.54) is 18.1 Å². The fourth-order valence-corrected chi connectivity index (χ4v) is 5.06. The molecule has 1 nitrogen and oxygen atoms in total. The highest BCUT2D eigenvalue weighted by Gasteiger charge is 2.22. The van der Waals surface area contributed by atoms with Crippen LogP contribution in [0.15, 0.2) is 48.2 Å². The highest BCUT2D eigenvalue weighted by Crippen LogP contribution is 2.21. The lowest BCUT2D eigenvalue weighted by Crippen LogP contribution is -2.29. The van der Waals surface area contributed by atoms with Gasteiger partial charge in [0.2, 0.25) is 0 Å². The van der Waals surface area contributed by atoms with Crippen LogP contribution in [0.4, 0.5) is 0 Å². The van der Waals surface area contributed by atoms with Crippen molar-refractivity contribution in [2.75, 3.05) is 0 Å². The van der Waals surface area contributed by atoms with Gasteiger partial charge in [-0.1, -0.05) is 93.2 Å². The summed E-state index contributed by atoms with van der Waals surface area (Å²) in [5.74, 6) is 0. The molecule has 104 valence electrons. The molecule has 1 N–H and O–H groups in total. The highest BCUT2D eigenvalue weighted by molar-refractivity contribution is 6.84. The van der Waals surface area contributed by atoms with Crippen molar-refractivity contribution in [1.29, 1.82) is 0 Å². The van der Waals surface area contributed by atoms with E-state index in [1.54, 1.807) is 0 Å². The van der Waals surface area contributed by atoms with Crippen LogP contribution < -0.4 is 0 Å². The minimum atomic E-state index is -1.26. The molecule has 0 radical (unpaired) electrons. The normalized spacial score (nSPS) is 14.3. The van der Waals surface area contributed by atoms with E-state index in [-0.39, 0.29) is 0 Å². The third-order valence-corrected chi connectivity index (χ3v) is 9.17. The van der Waals surface area contributed by atoms with Gasteiger partial charge >= 0.3 is 0 Å². The van der Waals surface area contributed by atoms with Crippen LogP contribution in [0.25, 0.3) is 6.08 Å². The molecule has 1 unspecified atom stereocenters. The molecular formula is C17H26OSi. The van der Waals surface area contributed by atoms with Gasteiger partial charge in [0.05, 0.1) is 14.2 Å². The monoisotopic (exact) mass is 274 g/mol. The lowest BCUT2D eigenvalue weighted by atomic mass is 10.2.